The van der Waals surface area contributed by atoms with Crippen molar-refractivity contribution < 1.29 is 0 Å². The molecule has 0 spiro atoms. The lowest BCUT2D eigenvalue weighted by Crippen LogP contribution is -2.00. The van der Waals surface area contributed by atoms with Crippen LogP contribution in [0.1, 0.15) is 17.0 Å². The minimum absolute atomic E-state index is 0.776. The highest BCUT2D eigenvalue weighted by Gasteiger charge is 2.04. The highest BCUT2D eigenvalue weighted by atomic mass is 15.3. The third-order valence-corrected chi connectivity index (χ3v) is 2.34. The molecule has 1 aromatic heterocycles. The molecule has 0 amide bonds. The van der Waals surface area contributed by atoms with Gasteiger partial charge < -0.3 is 5.73 Å². The van der Waals surface area contributed by atoms with Gasteiger partial charge in [-0.2, -0.15) is 5.10 Å². The molecule has 2 N–H and O–H groups in total. The maximum Gasteiger partial charge on any atom is 0.0671 e. The van der Waals surface area contributed by atoms with Crippen molar-refractivity contribution in [2.24, 2.45) is 0 Å². The van der Waals surface area contributed by atoms with E-state index < -0.39 is 0 Å². The van der Waals surface area contributed by atoms with Gasteiger partial charge in [-0.15, -0.1) is 0 Å². The Hall–Kier alpha value is -1.77. The van der Waals surface area contributed by atoms with E-state index in [4.69, 9.17) is 5.73 Å². The molecule has 3 nitrogen and oxygen atoms in total. The van der Waals surface area contributed by atoms with Gasteiger partial charge in [0.05, 0.1) is 11.4 Å². The second-order valence-electron chi connectivity index (χ2n) is 3.94. The lowest BCUT2D eigenvalue weighted by atomic mass is 10.2. The fourth-order valence-corrected chi connectivity index (χ4v) is 1.80. The van der Waals surface area contributed by atoms with Gasteiger partial charge in [0.25, 0.3) is 0 Å². The van der Waals surface area contributed by atoms with Gasteiger partial charge in [-0.3, -0.25) is 0 Å². The van der Waals surface area contributed by atoms with Gasteiger partial charge in [-0.1, -0.05) is 0 Å². The van der Waals surface area contributed by atoms with E-state index in [9.17, 15) is 0 Å². The van der Waals surface area contributed by atoms with Crippen LogP contribution < -0.4 is 5.73 Å². The maximum atomic E-state index is 5.81. The van der Waals surface area contributed by atoms with E-state index in [1.165, 1.54) is 0 Å². The lowest BCUT2D eigenvalue weighted by Gasteiger charge is -2.06. The van der Waals surface area contributed by atoms with E-state index in [-0.39, 0.29) is 0 Å². The van der Waals surface area contributed by atoms with Crippen molar-refractivity contribution in [2.45, 2.75) is 20.8 Å². The summed E-state index contributed by atoms with van der Waals surface area (Å²) in [7, 11) is 0. The van der Waals surface area contributed by atoms with Crippen LogP contribution in [0.25, 0.3) is 5.69 Å². The zero-order chi connectivity index (χ0) is 11.0. The Morgan fingerprint density at radius 1 is 1.07 bits per heavy atom. The summed E-state index contributed by atoms with van der Waals surface area (Å²) in [5.74, 6) is 0. The molecule has 3 heteroatoms. The van der Waals surface area contributed by atoms with Gasteiger partial charge in [0.15, 0.2) is 0 Å². The van der Waals surface area contributed by atoms with Crippen LogP contribution in [-0.2, 0) is 0 Å². The predicted octanol–water partition coefficient (Wildman–Crippen LogP) is 2.38. The topological polar surface area (TPSA) is 43.8 Å². The number of nitrogens with two attached hydrogens (primary N) is 1. The van der Waals surface area contributed by atoms with Crippen LogP contribution in [0.4, 0.5) is 5.69 Å². The Morgan fingerprint density at radius 3 is 2.33 bits per heavy atom. The van der Waals surface area contributed by atoms with E-state index in [1.54, 1.807) is 0 Å². The maximum absolute atomic E-state index is 5.81. The Kier molecular flexibility index (Phi) is 2.23. The third-order valence-electron chi connectivity index (χ3n) is 2.34. The Morgan fingerprint density at radius 2 is 1.80 bits per heavy atom. The standard InChI is InChI=1S/C12H15N3/c1-8-4-11(13)7-12(5-8)15-10(3)6-9(2)14-15/h4-7H,13H2,1-3H3. The highest BCUT2D eigenvalue weighted by Crippen LogP contribution is 2.17. The predicted molar refractivity (Wildman–Crippen MR) is 62.2 cm³/mol. The van der Waals surface area contributed by atoms with Crippen molar-refractivity contribution >= 4 is 5.69 Å². The number of hydrogen-bond acceptors (Lipinski definition) is 2. The molecule has 0 saturated heterocycles. The summed E-state index contributed by atoms with van der Waals surface area (Å²) in [4.78, 5) is 0. The zero-order valence-electron chi connectivity index (χ0n) is 9.28. The molecule has 0 saturated carbocycles. The van der Waals surface area contributed by atoms with Crippen LogP contribution in [0.2, 0.25) is 0 Å². The summed E-state index contributed by atoms with van der Waals surface area (Å²) in [6, 6.07) is 8.02. The smallest absolute Gasteiger partial charge is 0.0671 e. The molecule has 0 aliphatic heterocycles. The van der Waals surface area contributed by atoms with Crippen LogP contribution in [0.3, 0.4) is 0 Å². The van der Waals surface area contributed by atoms with Crippen molar-refractivity contribution in [3.05, 3.63) is 41.2 Å². The fourth-order valence-electron chi connectivity index (χ4n) is 1.80. The normalized spacial score (nSPS) is 10.6. The first-order chi connectivity index (χ1) is 7.06. The molecule has 0 aliphatic carbocycles. The number of benzene rings is 1. The van der Waals surface area contributed by atoms with Crippen LogP contribution in [0, 0.1) is 20.8 Å². The number of hydrogen-bond donors (Lipinski definition) is 1. The first kappa shape index (κ1) is 9.77. The van der Waals surface area contributed by atoms with Gasteiger partial charge in [-0.25, -0.2) is 4.68 Å². The monoisotopic (exact) mass is 201 g/mol. The lowest BCUT2D eigenvalue weighted by molar-refractivity contribution is 0.833. The van der Waals surface area contributed by atoms with E-state index in [2.05, 4.69) is 17.2 Å². The first-order valence-electron chi connectivity index (χ1n) is 4.97. The average Bonchev–Trinajstić information content (AvgIpc) is 2.43. The quantitative estimate of drug-likeness (QED) is 0.720. The molecule has 2 rings (SSSR count). The second-order valence-corrected chi connectivity index (χ2v) is 3.94. The van der Waals surface area contributed by atoms with Gasteiger partial charge in [0, 0.05) is 11.4 Å². The number of anilines is 1. The summed E-state index contributed by atoms with van der Waals surface area (Å²) in [6.45, 7) is 6.06. The van der Waals surface area contributed by atoms with Crippen molar-refractivity contribution in [3.8, 4) is 5.69 Å². The van der Waals surface area contributed by atoms with Crippen LogP contribution >= 0.6 is 0 Å². The number of aryl methyl sites for hydroxylation is 3. The van der Waals surface area contributed by atoms with Crippen LogP contribution in [0.15, 0.2) is 24.3 Å². The third kappa shape index (κ3) is 1.86. The number of nitrogens with zero attached hydrogens (tertiary/aromatic N) is 2. The first-order valence-corrected chi connectivity index (χ1v) is 4.97. The molecule has 0 aliphatic rings. The van der Waals surface area contributed by atoms with Crippen LogP contribution in [-0.4, -0.2) is 9.78 Å². The van der Waals surface area contributed by atoms with E-state index >= 15 is 0 Å². The molecular weight excluding hydrogens is 186 g/mol. The molecule has 78 valence electrons. The van der Waals surface area contributed by atoms with Crippen molar-refractivity contribution in [1.29, 1.82) is 0 Å². The molecule has 1 aromatic carbocycles. The van der Waals surface area contributed by atoms with E-state index in [0.717, 1.165) is 28.3 Å². The summed E-state index contributed by atoms with van der Waals surface area (Å²) >= 11 is 0. The van der Waals surface area contributed by atoms with Crippen LogP contribution in [0.5, 0.6) is 0 Å². The molecule has 1 heterocycles. The highest BCUT2D eigenvalue weighted by molar-refractivity contribution is 5.50. The molecular formula is C12H15N3. The molecule has 2 aromatic rings. The Balaban J connectivity index is 2.58. The number of nitrogen functional groups attached to an aromatic ring is 1. The molecule has 15 heavy (non-hydrogen) atoms. The SMILES string of the molecule is Cc1cc(N)cc(-n2nc(C)cc2C)c1. The van der Waals surface area contributed by atoms with E-state index in [0.29, 0.717) is 0 Å². The molecule has 0 radical (unpaired) electrons. The minimum Gasteiger partial charge on any atom is -0.399 e. The molecule has 0 unspecified atom stereocenters. The van der Waals surface area contributed by atoms with Crippen molar-refractivity contribution in [2.75, 3.05) is 5.73 Å². The minimum atomic E-state index is 0.776. The Labute approximate surface area is 89.5 Å². The van der Waals surface area contributed by atoms with Gasteiger partial charge in [0.1, 0.15) is 0 Å². The fraction of sp³-hybridized carbons (Fsp3) is 0.250. The van der Waals surface area contributed by atoms with Crippen molar-refractivity contribution in [1.82, 2.24) is 9.78 Å². The zero-order valence-corrected chi connectivity index (χ0v) is 9.28. The number of aromatic nitrogens is 2. The number of rotatable bonds is 1. The van der Waals surface area contributed by atoms with Crippen molar-refractivity contribution in [3.63, 3.8) is 0 Å². The van der Waals surface area contributed by atoms with Gasteiger partial charge in [0.2, 0.25) is 0 Å². The summed E-state index contributed by atoms with van der Waals surface area (Å²) < 4.78 is 1.92. The Bertz CT molecular complexity index is 477. The second kappa shape index (κ2) is 3.42. The molecule has 0 fully saturated rings. The summed E-state index contributed by atoms with van der Waals surface area (Å²) in [5.41, 5.74) is 10.9. The van der Waals surface area contributed by atoms with Gasteiger partial charge >= 0.3 is 0 Å². The molecule has 0 atom stereocenters. The average molecular weight is 201 g/mol. The summed E-state index contributed by atoms with van der Waals surface area (Å²) in [6.07, 6.45) is 0. The summed E-state index contributed by atoms with van der Waals surface area (Å²) in [5, 5.41) is 4.42. The largest absolute Gasteiger partial charge is 0.399 e. The van der Waals surface area contributed by atoms with E-state index in [1.807, 2.05) is 37.6 Å². The molecule has 0 bridgehead atoms. The van der Waals surface area contributed by atoms with Gasteiger partial charge in [-0.05, 0) is 50.6 Å².